The average Bonchev–Trinajstić information content (AvgIpc) is 2.45. The second-order valence-corrected chi connectivity index (χ2v) is 5.08. The quantitative estimate of drug-likeness (QED) is 0.805. The minimum Gasteiger partial charge on any atom is -0.480 e. The second kappa shape index (κ2) is 7.68. The summed E-state index contributed by atoms with van der Waals surface area (Å²) in [4.78, 5) is 23.5. The van der Waals surface area contributed by atoms with Gasteiger partial charge in [-0.3, -0.25) is 4.79 Å². The van der Waals surface area contributed by atoms with Gasteiger partial charge in [0.2, 0.25) is 5.91 Å². The maximum Gasteiger partial charge on any atom is 0.326 e. The Hall–Kier alpha value is -1.84. The fourth-order valence-electron chi connectivity index (χ4n) is 2.23. The van der Waals surface area contributed by atoms with Crippen molar-refractivity contribution in [3.05, 3.63) is 35.9 Å². The van der Waals surface area contributed by atoms with E-state index in [1.54, 1.807) is 6.92 Å². The Kier molecular flexibility index (Phi) is 6.22. The van der Waals surface area contributed by atoms with Gasteiger partial charge in [0.1, 0.15) is 6.04 Å². The van der Waals surface area contributed by atoms with Crippen molar-refractivity contribution in [3.63, 3.8) is 0 Å². The summed E-state index contributed by atoms with van der Waals surface area (Å²) in [6.07, 6.45) is 1.24. The summed E-state index contributed by atoms with van der Waals surface area (Å²) >= 11 is 0. The Labute approximate surface area is 120 Å². The van der Waals surface area contributed by atoms with Crippen molar-refractivity contribution in [1.29, 1.82) is 0 Å². The summed E-state index contributed by atoms with van der Waals surface area (Å²) in [7, 11) is 0. The lowest BCUT2D eigenvalue weighted by molar-refractivity contribution is -0.142. The third-order valence-electron chi connectivity index (χ3n) is 3.68. The van der Waals surface area contributed by atoms with Crippen LogP contribution >= 0.6 is 0 Å². The van der Waals surface area contributed by atoms with Gasteiger partial charge in [-0.1, -0.05) is 57.5 Å². The summed E-state index contributed by atoms with van der Waals surface area (Å²) in [6, 6.07) is 8.70. The fourth-order valence-corrected chi connectivity index (χ4v) is 2.23. The molecule has 0 heterocycles. The van der Waals surface area contributed by atoms with Crippen LogP contribution < -0.4 is 5.32 Å². The lowest BCUT2D eigenvalue weighted by Crippen LogP contribution is -2.43. The first kappa shape index (κ1) is 16.2. The number of carboxylic acids is 1. The first-order chi connectivity index (χ1) is 9.51. The molecule has 20 heavy (non-hydrogen) atoms. The molecule has 0 saturated heterocycles. The molecule has 0 spiro atoms. The molecule has 0 aliphatic carbocycles. The maximum atomic E-state index is 12.4. The maximum absolute atomic E-state index is 12.4. The largest absolute Gasteiger partial charge is 0.480 e. The molecule has 110 valence electrons. The smallest absolute Gasteiger partial charge is 0.326 e. The van der Waals surface area contributed by atoms with Crippen molar-refractivity contribution < 1.29 is 14.7 Å². The van der Waals surface area contributed by atoms with Gasteiger partial charge in [0.05, 0.1) is 5.92 Å². The van der Waals surface area contributed by atoms with Crippen LogP contribution in [0.3, 0.4) is 0 Å². The van der Waals surface area contributed by atoms with Crippen molar-refractivity contribution in [2.45, 2.75) is 45.6 Å². The van der Waals surface area contributed by atoms with Gasteiger partial charge in [-0.15, -0.1) is 0 Å². The molecule has 3 atom stereocenters. The Morgan fingerprint density at radius 1 is 1.15 bits per heavy atom. The molecule has 4 heteroatoms. The minimum atomic E-state index is -0.989. The topological polar surface area (TPSA) is 66.4 Å². The van der Waals surface area contributed by atoms with Gasteiger partial charge in [0.15, 0.2) is 0 Å². The summed E-state index contributed by atoms with van der Waals surface area (Å²) in [5.41, 5.74) is 0.930. The molecule has 1 aromatic rings. The Balaban J connectivity index is 2.94. The molecule has 1 aromatic carbocycles. The number of carbonyl (C=O) groups is 2. The number of amides is 1. The van der Waals surface area contributed by atoms with E-state index in [0.717, 1.165) is 12.0 Å². The molecule has 0 aliphatic heterocycles. The zero-order valence-corrected chi connectivity index (χ0v) is 12.3. The van der Waals surface area contributed by atoms with E-state index < -0.39 is 12.0 Å². The molecule has 2 unspecified atom stereocenters. The lowest BCUT2D eigenvalue weighted by atomic mass is 9.84. The zero-order valence-electron chi connectivity index (χ0n) is 12.3. The molecular weight excluding hydrogens is 254 g/mol. The molecule has 4 nitrogen and oxygen atoms in total. The normalized spacial score (nSPS) is 15.2. The van der Waals surface area contributed by atoms with Crippen LogP contribution in [0.2, 0.25) is 0 Å². The van der Waals surface area contributed by atoms with Crippen LogP contribution in [-0.4, -0.2) is 23.0 Å². The van der Waals surface area contributed by atoms with Gasteiger partial charge in [0, 0.05) is 0 Å². The van der Waals surface area contributed by atoms with Crippen LogP contribution in [-0.2, 0) is 9.59 Å². The molecule has 0 aliphatic rings. The standard InChI is InChI=1S/C16H23NO3/c1-4-11(3)14(12-9-7-6-8-10-12)15(18)17-13(5-2)16(19)20/h6-11,13-14H,4-5H2,1-3H3,(H,17,18)(H,19,20)/t11?,13-,14?/m0/s1. The van der Waals surface area contributed by atoms with Crippen LogP contribution in [0.25, 0.3) is 0 Å². The molecule has 1 rings (SSSR count). The van der Waals surface area contributed by atoms with Crippen molar-refractivity contribution >= 4 is 11.9 Å². The van der Waals surface area contributed by atoms with Gasteiger partial charge < -0.3 is 10.4 Å². The lowest BCUT2D eigenvalue weighted by Gasteiger charge is -2.24. The van der Waals surface area contributed by atoms with Crippen molar-refractivity contribution in [2.24, 2.45) is 5.92 Å². The van der Waals surface area contributed by atoms with Gasteiger partial charge in [-0.05, 0) is 17.9 Å². The molecule has 2 N–H and O–H groups in total. The van der Waals surface area contributed by atoms with Crippen molar-refractivity contribution in [3.8, 4) is 0 Å². The summed E-state index contributed by atoms with van der Waals surface area (Å²) < 4.78 is 0. The number of hydrogen-bond acceptors (Lipinski definition) is 2. The van der Waals surface area contributed by atoms with Gasteiger partial charge in [-0.2, -0.15) is 0 Å². The molecule has 1 amide bonds. The van der Waals surface area contributed by atoms with E-state index in [0.29, 0.717) is 6.42 Å². The fraction of sp³-hybridized carbons (Fsp3) is 0.500. The highest BCUT2D eigenvalue weighted by atomic mass is 16.4. The minimum absolute atomic E-state index is 0.156. The van der Waals surface area contributed by atoms with Crippen LogP contribution in [0.4, 0.5) is 0 Å². The monoisotopic (exact) mass is 277 g/mol. The first-order valence-electron chi connectivity index (χ1n) is 7.09. The van der Waals surface area contributed by atoms with Crippen LogP contribution in [0.5, 0.6) is 0 Å². The Morgan fingerprint density at radius 3 is 2.20 bits per heavy atom. The van der Waals surface area contributed by atoms with E-state index in [9.17, 15) is 9.59 Å². The van der Waals surface area contributed by atoms with E-state index in [4.69, 9.17) is 5.11 Å². The highest BCUT2D eigenvalue weighted by Gasteiger charge is 2.28. The number of benzene rings is 1. The van der Waals surface area contributed by atoms with E-state index in [-0.39, 0.29) is 17.7 Å². The van der Waals surface area contributed by atoms with Crippen molar-refractivity contribution in [1.82, 2.24) is 5.32 Å². The molecule has 0 bridgehead atoms. The first-order valence-corrected chi connectivity index (χ1v) is 7.09. The summed E-state index contributed by atoms with van der Waals surface area (Å²) in [5, 5.41) is 11.7. The number of carboxylic acid groups (broad SMARTS) is 1. The van der Waals surface area contributed by atoms with Crippen molar-refractivity contribution in [2.75, 3.05) is 0 Å². The number of rotatable bonds is 7. The Morgan fingerprint density at radius 2 is 1.75 bits per heavy atom. The zero-order chi connectivity index (χ0) is 15.1. The number of nitrogens with one attached hydrogen (secondary N) is 1. The predicted molar refractivity (Wildman–Crippen MR) is 78.5 cm³/mol. The highest BCUT2D eigenvalue weighted by Crippen LogP contribution is 2.27. The molecule has 0 saturated carbocycles. The van der Waals surface area contributed by atoms with Crippen LogP contribution in [0.15, 0.2) is 30.3 Å². The number of carbonyl (C=O) groups excluding carboxylic acids is 1. The van der Waals surface area contributed by atoms with E-state index in [2.05, 4.69) is 5.32 Å². The van der Waals surface area contributed by atoms with Crippen LogP contribution in [0, 0.1) is 5.92 Å². The van der Waals surface area contributed by atoms with E-state index in [1.807, 2.05) is 44.2 Å². The molecule has 0 aromatic heterocycles. The SMILES string of the molecule is CCC(C)C(C(=O)N[C@@H](CC)C(=O)O)c1ccccc1. The molecule has 0 fully saturated rings. The highest BCUT2D eigenvalue weighted by molar-refractivity contribution is 5.88. The Bertz CT molecular complexity index is 444. The van der Waals surface area contributed by atoms with Gasteiger partial charge >= 0.3 is 5.97 Å². The van der Waals surface area contributed by atoms with Crippen LogP contribution in [0.1, 0.15) is 45.1 Å². The second-order valence-electron chi connectivity index (χ2n) is 5.08. The third-order valence-corrected chi connectivity index (χ3v) is 3.68. The summed E-state index contributed by atoms with van der Waals surface area (Å²) in [5.74, 6) is -1.35. The van der Waals surface area contributed by atoms with Gasteiger partial charge in [0.25, 0.3) is 0 Å². The van der Waals surface area contributed by atoms with Gasteiger partial charge in [-0.25, -0.2) is 4.79 Å². The predicted octanol–water partition coefficient (Wildman–Crippen LogP) is 2.80. The molecule has 0 radical (unpaired) electrons. The summed E-state index contributed by atoms with van der Waals surface area (Å²) in [6.45, 7) is 5.79. The average molecular weight is 277 g/mol. The molecular formula is C16H23NO3. The van der Waals surface area contributed by atoms with E-state index >= 15 is 0 Å². The third kappa shape index (κ3) is 4.08. The number of hydrogen-bond donors (Lipinski definition) is 2. The number of aliphatic carboxylic acids is 1. The van der Waals surface area contributed by atoms with E-state index in [1.165, 1.54) is 0 Å².